The molecular formula is C12H22N2O. The van der Waals surface area contributed by atoms with Gasteiger partial charge >= 0.3 is 0 Å². The van der Waals surface area contributed by atoms with Crippen molar-refractivity contribution in [2.75, 3.05) is 6.54 Å². The summed E-state index contributed by atoms with van der Waals surface area (Å²) in [6.07, 6.45) is 4.98. The fraction of sp³-hybridized carbons (Fsp3) is 0.917. The van der Waals surface area contributed by atoms with Crippen molar-refractivity contribution in [3.05, 3.63) is 0 Å². The number of aliphatic hydroxyl groups is 1. The molecule has 0 aromatic heterocycles. The van der Waals surface area contributed by atoms with Gasteiger partial charge in [0.1, 0.15) is 0 Å². The van der Waals surface area contributed by atoms with E-state index in [1.165, 1.54) is 6.42 Å². The topological polar surface area (TPSA) is 56.0 Å². The van der Waals surface area contributed by atoms with Crippen LogP contribution in [-0.2, 0) is 0 Å². The molecular weight excluding hydrogens is 188 g/mol. The minimum Gasteiger partial charge on any atom is -0.392 e. The first-order valence-corrected chi connectivity index (χ1v) is 5.88. The van der Waals surface area contributed by atoms with Gasteiger partial charge in [0, 0.05) is 6.04 Å². The molecule has 2 N–H and O–H groups in total. The standard InChI is InChI=1S/C12H22N2O/c1-12(2,9-13)7-8-14-10-5-3-4-6-11(10)15/h10-11,14-15H,3-8H2,1-2H3. The Morgan fingerprint density at radius 2 is 2.07 bits per heavy atom. The molecule has 1 aliphatic carbocycles. The fourth-order valence-electron chi connectivity index (χ4n) is 1.98. The molecule has 0 aromatic rings. The highest BCUT2D eigenvalue weighted by atomic mass is 16.3. The maximum Gasteiger partial charge on any atom is 0.0693 e. The van der Waals surface area contributed by atoms with E-state index >= 15 is 0 Å². The van der Waals surface area contributed by atoms with E-state index in [4.69, 9.17) is 5.26 Å². The third kappa shape index (κ3) is 4.19. The monoisotopic (exact) mass is 210 g/mol. The first-order chi connectivity index (χ1) is 7.05. The van der Waals surface area contributed by atoms with Crippen LogP contribution in [0.3, 0.4) is 0 Å². The summed E-state index contributed by atoms with van der Waals surface area (Å²) < 4.78 is 0. The average Bonchev–Trinajstić information content (AvgIpc) is 2.21. The summed E-state index contributed by atoms with van der Waals surface area (Å²) in [5, 5.41) is 21.9. The lowest BCUT2D eigenvalue weighted by Gasteiger charge is -2.29. The van der Waals surface area contributed by atoms with Crippen LogP contribution in [0.5, 0.6) is 0 Å². The number of rotatable bonds is 4. The third-order valence-electron chi connectivity index (χ3n) is 3.19. The van der Waals surface area contributed by atoms with Crippen molar-refractivity contribution in [1.29, 1.82) is 5.26 Å². The molecule has 1 aliphatic rings. The lowest BCUT2D eigenvalue weighted by atomic mass is 9.90. The number of nitriles is 1. The zero-order valence-corrected chi connectivity index (χ0v) is 9.79. The summed E-state index contributed by atoms with van der Waals surface area (Å²) in [6.45, 7) is 4.72. The summed E-state index contributed by atoms with van der Waals surface area (Å²) in [7, 11) is 0. The average molecular weight is 210 g/mol. The lowest BCUT2D eigenvalue weighted by molar-refractivity contribution is 0.0900. The Morgan fingerprint density at radius 3 is 2.67 bits per heavy atom. The second-order valence-corrected chi connectivity index (χ2v) is 5.16. The normalized spacial score (nSPS) is 27.3. The van der Waals surface area contributed by atoms with Gasteiger partial charge in [-0.05, 0) is 39.7 Å². The highest BCUT2D eigenvalue weighted by Crippen LogP contribution is 2.20. The van der Waals surface area contributed by atoms with E-state index in [2.05, 4.69) is 11.4 Å². The Balaban J connectivity index is 2.22. The molecule has 1 saturated carbocycles. The van der Waals surface area contributed by atoms with Crippen molar-refractivity contribution in [3.8, 4) is 6.07 Å². The number of nitrogens with zero attached hydrogens (tertiary/aromatic N) is 1. The van der Waals surface area contributed by atoms with E-state index in [0.29, 0.717) is 0 Å². The van der Waals surface area contributed by atoms with Gasteiger partial charge in [-0.3, -0.25) is 0 Å². The second kappa shape index (κ2) is 5.48. The molecule has 2 unspecified atom stereocenters. The van der Waals surface area contributed by atoms with Gasteiger partial charge in [0.2, 0.25) is 0 Å². The molecule has 0 amide bonds. The van der Waals surface area contributed by atoms with Gasteiger partial charge in [-0.2, -0.15) is 5.26 Å². The summed E-state index contributed by atoms with van der Waals surface area (Å²) in [6, 6.07) is 2.53. The van der Waals surface area contributed by atoms with E-state index < -0.39 is 0 Å². The third-order valence-corrected chi connectivity index (χ3v) is 3.19. The zero-order valence-electron chi connectivity index (χ0n) is 9.79. The summed E-state index contributed by atoms with van der Waals surface area (Å²) in [4.78, 5) is 0. The van der Waals surface area contributed by atoms with Crippen LogP contribution in [-0.4, -0.2) is 23.8 Å². The highest BCUT2D eigenvalue weighted by Gasteiger charge is 2.23. The Morgan fingerprint density at radius 1 is 1.40 bits per heavy atom. The minimum atomic E-state index is -0.257. The van der Waals surface area contributed by atoms with Crippen molar-refractivity contribution in [2.24, 2.45) is 5.41 Å². The number of hydrogen-bond donors (Lipinski definition) is 2. The largest absolute Gasteiger partial charge is 0.392 e. The van der Waals surface area contributed by atoms with Crippen molar-refractivity contribution in [1.82, 2.24) is 5.32 Å². The van der Waals surface area contributed by atoms with Crippen molar-refractivity contribution < 1.29 is 5.11 Å². The molecule has 0 spiro atoms. The molecule has 0 radical (unpaired) electrons. The van der Waals surface area contributed by atoms with Crippen LogP contribution in [0.2, 0.25) is 0 Å². The van der Waals surface area contributed by atoms with Crippen LogP contribution in [0.4, 0.5) is 0 Å². The van der Waals surface area contributed by atoms with Crippen molar-refractivity contribution in [2.45, 2.75) is 58.1 Å². The van der Waals surface area contributed by atoms with Gasteiger partial charge in [0.05, 0.1) is 17.6 Å². The highest BCUT2D eigenvalue weighted by molar-refractivity contribution is 4.92. The zero-order chi connectivity index (χ0) is 11.3. The van der Waals surface area contributed by atoms with Gasteiger partial charge in [-0.15, -0.1) is 0 Å². The van der Waals surface area contributed by atoms with E-state index in [0.717, 1.165) is 32.2 Å². The quantitative estimate of drug-likeness (QED) is 0.744. The van der Waals surface area contributed by atoms with Crippen LogP contribution >= 0.6 is 0 Å². The Labute approximate surface area is 92.5 Å². The molecule has 0 aromatic carbocycles. The number of nitrogens with one attached hydrogen (secondary N) is 1. The van der Waals surface area contributed by atoms with E-state index in [-0.39, 0.29) is 17.6 Å². The number of aliphatic hydroxyl groups excluding tert-OH is 1. The molecule has 86 valence electrons. The summed E-state index contributed by atoms with van der Waals surface area (Å²) in [5.41, 5.74) is -0.257. The van der Waals surface area contributed by atoms with E-state index in [9.17, 15) is 5.11 Å². The molecule has 1 fully saturated rings. The molecule has 2 atom stereocenters. The predicted molar refractivity (Wildman–Crippen MR) is 60.3 cm³/mol. The number of hydrogen-bond acceptors (Lipinski definition) is 3. The molecule has 3 nitrogen and oxygen atoms in total. The van der Waals surface area contributed by atoms with Gasteiger partial charge in [-0.25, -0.2) is 0 Å². The van der Waals surface area contributed by atoms with Crippen LogP contribution in [0, 0.1) is 16.7 Å². The van der Waals surface area contributed by atoms with E-state index in [1.54, 1.807) is 0 Å². The Bertz CT molecular complexity index is 232. The maximum absolute atomic E-state index is 9.73. The van der Waals surface area contributed by atoms with Gasteiger partial charge in [-0.1, -0.05) is 12.8 Å². The lowest BCUT2D eigenvalue weighted by Crippen LogP contribution is -2.43. The van der Waals surface area contributed by atoms with Gasteiger partial charge in [0.25, 0.3) is 0 Å². The first-order valence-electron chi connectivity index (χ1n) is 5.88. The molecule has 3 heteroatoms. The molecule has 0 heterocycles. The molecule has 1 rings (SSSR count). The maximum atomic E-state index is 9.73. The Hall–Kier alpha value is -0.590. The SMILES string of the molecule is CC(C)(C#N)CCNC1CCCCC1O. The van der Waals surface area contributed by atoms with Gasteiger partial charge < -0.3 is 10.4 Å². The first kappa shape index (κ1) is 12.5. The molecule has 0 aliphatic heterocycles. The van der Waals surface area contributed by atoms with Crippen LogP contribution < -0.4 is 5.32 Å². The van der Waals surface area contributed by atoms with E-state index in [1.807, 2.05) is 13.8 Å². The molecule has 0 bridgehead atoms. The second-order valence-electron chi connectivity index (χ2n) is 5.16. The molecule has 0 saturated heterocycles. The van der Waals surface area contributed by atoms with Crippen LogP contribution in [0.15, 0.2) is 0 Å². The minimum absolute atomic E-state index is 0.191. The fourth-order valence-corrected chi connectivity index (χ4v) is 1.98. The van der Waals surface area contributed by atoms with Gasteiger partial charge in [0.15, 0.2) is 0 Å². The molecule has 15 heavy (non-hydrogen) atoms. The summed E-state index contributed by atoms with van der Waals surface area (Å²) in [5.74, 6) is 0. The summed E-state index contributed by atoms with van der Waals surface area (Å²) >= 11 is 0. The predicted octanol–water partition coefficient (Wildman–Crippen LogP) is 1.82. The van der Waals surface area contributed by atoms with Crippen LogP contribution in [0.25, 0.3) is 0 Å². The van der Waals surface area contributed by atoms with Crippen LogP contribution in [0.1, 0.15) is 46.0 Å². The Kier molecular flexibility index (Phi) is 4.56. The van der Waals surface area contributed by atoms with Crippen molar-refractivity contribution in [3.63, 3.8) is 0 Å². The smallest absolute Gasteiger partial charge is 0.0693 e. The van der Waals surface area contributed by atoms with Crippen molar-refractivity contribution >= 4 is 0 Å².